The molecule has 0 atom stereocenters. The van der Waals surface area contributed by atoms with Gasteiger partial charge in [-0.3, -0.25) is 0 Å². The minimum absolute atomic E-state index is 0.0264. The Hall–Kier alpha value is -1.02. The van der Waals surface area contributed by atoms with Crippen molar-refractivity contribution in [1.82, 2.24) is 9.62 Å². The Balaban J connectivity index is 1.72. The third-order valence-electron chi connectivity index (χ3n) is 5.32. The summed E-state index contributed by atoms with van der Waals surface area (Å²) in [6, 6.07) is 4.99. The second-order valence-electron chi connectivity index (χ2n) is 7.29. The molecule has 1 aliphatic carbocycles. The maximum atomic E-state index is 13.1. The smallest absolute Gasteiger partial charge is 0.243 e. The topological polar surface area (TPSA) is 58.6 Å². The van der Waals surface area contributed by atoms with E-state index >= 15 is 0 Å². The molecule has 1 aliphatic rings. The number of rotatable bonds is 11. The number of sulfonamides is 1. The van der Waals surface area contributed by atoms with Crippen LogP contribution in [0, 0.1) is 5.82 Å². The van der Waals surface area contributed by atoms with Crippen LogP contribution < -0.4 is 5.32 Å². The molecule has 0 unspecified atom stereocenters. The highest BCUT2D eigenvalue weighted by Gasteiger charge is 2.31. The van der Waals surface area contributed by atoms with Gasteiger partial charge in [0.15, 0.2) is 0 Å². The molecule has 1 aromatic rings. The van der Waals surface area contributed by atoms with Gasteiger partial charge in [-0.2, -0.15) is 4.31 Å². The molecule has 0 saturated heterocycles. The van der Waals surface area contributed by atoms with Crippen LogP contribution in [0.3, 0.4) is 0 Å². The Morgan fingerprint density at radius 1 is 1.07 bits per heavy atom. The minimum Gasteiger partial charge on any atom is -0.378 e. The summed E-state index contributed by atoms with van der Waals surface area (Å²) in [5, 5.41) is 3.15. The fourth-order valence-electron chi connectivity index (χ4n) is 3.55. The van der Waals surface area contributed by atoms with Crippen molar-refractivity contribution in [3.05, 3.63) is 30.1 Å². The summed E-state index contributed by atoms with van der Waals surface area (Å²) in [5.74, 6) is -0.434. The van der Waals surface area contributed by atoms with Crippen LogP contribution in [0.2, 0.25) is 0 Å². The Morgan fingerprint density at radius 3 is 2.33 bits per heavy atom. The average molecular weight is 401 g/mol. The third-order valence-corrected chi connectivity index (χ3v) is 7.25. The molecule has 1 fully saturated rings. The van der Waals surface area contributed by atoms with Crippen molar-refractivity contribution in [3.8, 4) is 0 Å². The lowest BCUT2D eigenvalue weighted by molar-refractivity contribution is 0.0157. The first kappa shape index (κ1) is 22.3. The van der Waals surface area contributed by atoms with Crippen molar-refractivity contribution in [2.45, 2.75) is 68.4 Å². The quantitative estimate of drug-likeness (QED) is 0.577. The first-order valence-electron chi connectivity index (χ1n) is 9.95. The molecule has 0 aliphatic heterocycles. The largest absolute Gasteiger partial charge is 0.378 e. The fraction of sp³-hybridized carbons (Fsp3) is 0.700. The number of unbranched alkanes of at least 4 members (excludes halogenated alkanes) is 3. The first-order chi connectivity index (χ1) is 12.9. The molecule has 2 rings (SSSR count). The van der Waals surface area contributed by atoms with E-state index in [4.69, 9.17) is 4.74 Å². The highest BCUT2D eigenvalue weighted by molar-refractivity contribution is 7.89. The van der Waals surface area contributed by atoms with Crippen LogP contribution in [0.15, 0.2) is 29.2 Å². The summed E-state index contributed by atoms with van der Waals surface area (Å²) in [4.78, 5) is 0.142. The second kappa shape index (κ2) is 11.1. The molecule has 7 heteroatoms. The van der Waals surface area contributed by atoms with Crippen LogP contribution in [0.4, 0.5) is 4.39 Å². The maximum absolute atomic E-state index is 13.1. The van der Waals surface area contributed by atoms with Crippen LogP contribution in [-0.4, -0.2) is 52.1 Å². The van der Waals surface area contributed by atoms with Gasteiger partial charge in [-0.25, -0.2) is 12.8 Å². The zero-order valence-corrected chi connectivity index (χ0v) is 17.3. The zero-order valence-electron chi connectivity index (χ0n) is 16.5. The third kappa shape index (κ3) is 6.82. The van der Waals surface area contributed by atoms with Crippen LogP contribution in [0.25, 0.3) is 0 Å². The molecule has 0 amide bonds. The summed E-state index contributed by atoms with van der Waals surface area (Å²) in [5.41, 5.74) is 0. The molecule has 5 nitrogen and oxygen atoms in total. The fourth-order valence-corrected chi connectivity index (χ4v) is 4.97. The monoisotopic (exact) mass is 400 g/mol. The van der Waals surface area contributed by atoms with Gasteiger partial charge in [-0.05, 0) is 76.4 Å². The molecule has 0 spiro atoms. The Bertz CT molecular complexity index is 644. The van der Waals surface area contributed by atoms with Crippen molar-refractivity contribution in [1.29, 1.82) is 0 Å². The van der Waals surface area contributed by atoms with E-state index in [1.54, 1.807) is 7.05 Å². The molecule has 1 N–H and O–H groups in total. The lowest BCUT2D eigenvalue weighted by atomic mass is 9.93. The normalized spacial score (nSPS) is 20.9. The molecule has 0 radical (unpaired) electrons. The number of nitrogens with one attached hydrogen (secondary N) is 1. The van der Waals surface area contributed by atoms with Crippen molar-refractivity contribution < 1.29 is 17.5 Å². The van der Waals surface area contributed by atoms with Crippen LogP contribution in [-0.2, 0) is 14.8 Å². The number of hydrogen-bond acceptors (Lipinski definition) is 4. The van der Waals surface area contributed by atoms with Gasteiger partial charge in [0.2, 0.25) is 10.0 Å². The molecule has 0 bridgehead atoms. The average Bonchev–Trinajstić information content (AvgIpc) is 2.67. The van der Waals surface area contributed by atoms with Crippen molar-refractivity contribution in [2.75, 3.05) is 27.2 Å². The van der Waals surface area contributed by atoms with Gasteiger partial charge in [-0.15, -0.1) is 0 Å². The number of ether oxygens (including phenoxy) is 1. The van der Waals surface area contributed by atoms with Crippen molar-refractivity contribution in [2.24, 2.45) is 0 Å². The molecule has 0 heterocycles. The van der Waals surface area contributed by atoms with E-state index in [-0.39, 0.29) is 17.0 Å². The second-order valence-corrected chi connectivity index (χ2v) is 9.29. The van der Waals surface area contributed by atoms with Gasteiger partial charge in [0, 0.05) is 19.7 Å². The summed E-state index contributed by atoms with van der Waals surface area (Å²) in [7, 11) is 0.0106. The highest BCUT2D eigenvalue weighted by Crippen LogP contribution is 2.28. The van der Waals surface area contributed by atoms with E-state index in [1.807, 2.05) is 7.05 Å². The van der Waals surface area contributed by atoms with Gasteiger partial charge in [0.25, 0.3) is 0 Å². The van der Waals surface area contributed by atoms with Crippen LogP contribution in [0.5, 0.6) is 0 Å². The van der Waals surface area contributed by atoms with Crippen LogP contribution in [0.1, 0.15) is 51.4 Å². The highest BCUT2D eigenvalue weighted by atomic mass is 32.2. The molecule has 27 heavy (non-hydrogen) atoms. The van der Waals surface area contributed by atoms with Crippen molar-refractivity contribution in [3.63, 3.8) is 0 Å². The molecular formula is C20H33FN2O3S. The van der Waals surface area contributed by atoms with E-state index in [2.05, 4.69) is 5.32 Å². The Kier molecular flexibility index (Phi) is 9.15. The van der Waals surface area contributed by atoms with Crippen molar-refractivity contribution >= 4 is 10.0 Å². The number of halogens is 1. The van der Waals surface area contributed by atoms with E-state index < -0.39 is 15.8 Å². The number of hydrogen-bond donors (Lipinski definition) is 1. The van der Waals surface area contributed by atoms with Gasteiger partial charge in [0.05, 0.1) is 11.0 Å². The molecule has 0 aromatic heterocycles. The molecule has 154 valence electrons. The molecular weight excluding hydrogens is 367 g/mol. The predicted octanol–water partition coefficient (Wildman–Crippen LogP) is 3.55. The Labute approximate surface area is 163 Å². The standard InChI is InChI=1S/C20H33FN2O3S/c1-22-15-5-3-4-6-16-26-19-11-9-18(10-12-19)23(2)27(24,25)20-13-7-17(21)8-14-20/h7-8,13-14,18-19,22H,3-6,9-12,15-16H2,1-2H3. The van der Waals surface area contributed by atoms with E-state index in [9.17, 15) is 12.8 Å². The lowest BCUT2D eigenvalue weighted by Gasteiger charge is -2.34. The van der Waals surface area contributed by atoms with Gasteiger partial charge < -0.3 is 10.1 Å². The SMILES string of the molecule is CNCCCCCCOC1CCC(N(C)S(=O)(=O)c2ccc(F)cc2)CC1. The lowest BCUT2D eigenvalue weighted by Crippen LogP contribution is -2.40. The van der Waals surface area contributed by atoms with Gasteiger partial charge in [-0.1, -0.05) is 12.8 Å². The van der Waals surface area contributed by atoms with Gasteiger partial charge in [0.1, 0.15) is 5.82 Å². The maximum Gasteiger partial charge on any atom is 0.243 e. The molecule has 1 saturated carbocycles. The summed E-state index contributed by atoms with van der Waals surface area (Å²) >= 11 is 0. The number of nitrogens with zero attached hydrogens (tertiary/aromatic N) is 1. The predicted molar refractivity (Wildman–Crippen MR) is 106 cm³/mol. The van der Waals surface area contributed by atoms with E-state index in [0.29, 0.717) is 0 Å². The van der Waals surface area contributed by atoms with E-state index in [1.165, 1.54) is 47.8 Å². The number of benzene rings is 1. The summed E-state index contributed by atoms with van der Waals surface area (Å²) in [6.07, 6.45) is 8.30. The Morgan fingerprint density at radius 2 is 1.70 bits per heavy atom. The summed E-state index contributed by atoms with van der Waals surface area (Å²) < 4.78 is 45.9. The zero-order chi connectivity index (χ0) is 19.7. The first-order valence-corrected chi connectivity index (χ1v) is 11.4. The molecule has 1 aromatic carbocycles. The van der Waals surface area contributed by atoms with Crippen LogP contribution >= 0.6 is 0 Å². The van der Waals surface area contributed by atoms with Gasteiger partial charge >= 0.3 is 0 Å². The summed E-state index contributed by atoms with van der Waals surface area (Å²) in [6.45, 7) is 1.86. The minimum atomic E-state index is -3.58. The van der Waals surface area contributed by atoms with E-state index in [0.717, 1.165) is 45.3 Å².